The summed E-state index contributed by atoms with van der Waals surface area (Å²) >= 11 is 0. The van der Waals surface area contributed by atoms with Crippen molar-refractivity contribution in [2.24, 2.45) is 10.7 Å². The normalized spacial score (nSPS) is 15.8. The van der Waals surface area contributed by atoms with E-state index in [1.54, 1.807) is 0 Å². The molecule has 1 aliphatic rings. The van der Waals surface area contributed by atoms with Gasteiger partial charge in [0.1, 0.15) is 0 Å². The number of guanidine groups is 1. The minimum Gasteiger partial charge on any atom is -0.370 e. The third-order valence-corrected chi connectivity index (χ3v) is 2.87. The molecule has 19 heavy (non-hydrogen) atoms. The van der Waals surface area contributed by atoms with Crippen LogP contribution in [0.25, 0.3) is 0 Å². The molecule has 0 bridgehead atoms. The Hall–Kier alpha value is -1.79. The average Bonchev–Trinajstić information content (AvgIpc) is 2.70. The van der Waals surface area contributed by atoms with Crippen molar-refractivity contribution in [2.75, 3.05) is 26.2 Å². The molecule has 1 saturated heterocycles. The van der Waals surface area contributed by atoms with E-state index >= 15 is 0 Å². The number of urea groups is 1. The highest BCUT2D eigenvalue weighted by Gasteiger charge is 2.27. The first-order valence-electron chi connectivity index (χ1n) is 6.77. The lowest BCUT2D eigenvalue weighted by molar-refractivity contribution is -0.124. The van der Waals surface area contributed by atoms with E-state index in [0.29, 0.717) is 25.6 Å². The Morgan fingerprint density at radius 2 is 2.21 bits per heavy atom. The van der Waals surface area contributed by atoms with Gasteiger partial charge in [0.15, 0.2) is 5.96 Å². The monoisotopic (exact) mass is 269 g/mol. The highest BCUT2D eigenvalue weighted by atomic mass is 16.2. The molecule has 0 aliphatic carbocycles. The van der Waals surface area contributed by atoms with Gasteiger partial charge in [-0.1, -0.05) is 26.2 Å². The average molecular weight is 269 g/mol. The number of nitrogens with two attached hydrogens (primary N) is 1. The first kappa shape index (κ1) is 15.3. The van der Waals surface area contributed by atoms with Crippen LogP contribution in [0.5, 0.6) is 0 Å². The highest BCUT2D eigenvalue weighted by Crippen LogP contribution is 1.98. The topological polar surface area (TPSA) is 99.8 Å². The van der Waals surface area contributed by atoms with Crippen LogP contribution < -0.4 is 16.4 Å². The molecule has 4 N–H and O–H groups in total. The molecule has 7 nitrogen and oxygen atoms in total. The molecule has 1 fully saturated rings. The van der Waals surface area contributed by atoms with Crippen molar-refractivity contribution in [2.45, 2.75) is 32.6 Å². The molecule has 1 rings (SSSR count). The fourth-order valence-corrected chi connectivity index (χ4v) is 1.77. The van der Waals surface area contributed by atoms with Crippen LogP contribution in [0.2, 0.25) is 0 Å². The minimum atomic E-state index is -0.345. The molecule has 0 radical (unpaired) electrons. The van der Waals surface area contributed by atoms with Gasteiger partial charge in [0.05, 0.1) is 6.54 Å². The Kier molecular flexibility index (Phi) is 6.70. The summed E-state index contributed by atoms with van der Waals surface area (Å²) < 4.78 is 0. The van der Waals surface area contributed by atoms with Crippen LogP contribution in [0.1, 0.15) is 32.6 Å². The largest absolute Gasteiger partial charge is 0.370 e. The van der Waals surface area contributed by atoms with Gasteiger partial charge >= 0.3 is 6.03 Å². The zero-order valence-electron chi connectivity index (χ0n) is 11.4. The van der Waals surface area contributed by atoms with Crippen LogP contribution >= 0.6 is 0 Å². The molecule has 1 aliphatic heterocycles. The molecule has 0 saturated carbocycles. The number of hydrogen-bond acceptors (Lipinski definition) is 3. The van der Waals surface area contributed by atoms with Gasteiger partial charge < -0.3 is 16.4 Å². The van der Waals surface area contributed by atoms with Crippen molar-refractivity contribution in [3.63, 3.8) is 0 Å². The Balaban J connectivity index is 2.12. The van der Waals surface area contributed by atoms with Gasteiger partial charge in [-0.3, -0.25) is 14.7 Å². The van der Waals surface area contributed by atoms with Gasteiger partial charge in [-0.2, -0.15) is 0 Å². The molecule has 0 aromatic carbocycles. The first-order valence-corrected chi connectivity index (χ1v) is 6.77. The molecular formula is C12H23N5O2. The number of imide groups is 1. The molecule has 0 atom stereocenters. The summed E-state index contributed by atoms with van der Waals surface area (Å²) in [5, 5.41) is 5.35. The number of amides is 3. The molecule has 108 valence electrons. The second kappa shape index (κ2) is 8.34. The lowest BCUT2D eigenvalue weighted by atomic mass is 10.2. The third-order valence-electron chi connectivity index (χ3n) is 2.87. The predicted molar refractivity (Wildman–Crippen MR) is 73.7 cm³/mol. The summed E-state index contributed by atoms with van der Waals surface area (Å²) in [6.07, 6.45) is 4.61. The van der Waals surface area contributed by atoms with Gasteiger partial charge in [0.2, 0.25) is 5.91 Å². The number of carbonyl (C=O) groups excluding carboxylic acids is 2. The summed E-state index contributed by atoms with van der Waals surface area (Å²) in [6.45, 7) is 3.68. The van der Waals surface area contributed by atoms with E-state index in [-0.39, 0.29) is 18.5 Å². The first-order chi connectivity index (χ1) is 9.15. The Morgan fingerprint density at radius 1 is 1.42 bits per heavy atom. The number of unbranched alkanes of at least 4 members (excludes halogenated alkanes) is 3. The highest BCUT2D eigenvalue weighted by molar-refractivity contribution is 6.01. The van der Waals surface area contributed by atoms with E-state index in [2.05, 4.69) is 22.5 Å². The van der Waals surface area contributed by atoms with E-state index < -0.39 is 0 Å². The van der Waals surface area contributed by atoms with Crippen molar-refractivity contribution < 1.29 is 9.59 Å². The zero-order chi connectivity index (χ0) is 14.1. The Bertz CT molecular complexity index is 327. The summed E-state index contributed by atoms with van der Waals surface area (Å²) in [6, 6.07) is -0.345. The Morgan fingerprint density at radius 3 is 2.84 bits per heavy atom. The van der Waals surface area contributed by atoms with Gasteiger partial charge in [0, 0.05) is 19.6 Å². The molecule has 7 heteroatoms. The maximum absolute atomic E-state index is 11.3. The molecule has 0 aromatic heterocycles. The van der Waals surface area contributed by atoms with Crippen LogP contribution in [0.3, 0.4) is 0 Å². The van der Waals surface area contributed by atoms with E-state index in [1.807, 2.05) is 0 Å². The van der Waals surface area contributed by atoms with Crippen molar-refractivity contribution >= 4 is 17.9 Å². The van der Waals surface area contributed by atoms with Gasteiger partial charge in [-0.25, -0.2) is 4.79 Å². The quantitative estimate of drug-likeness (QED) is 0.250. The van der Waals surface area contributed by atoms with Crippen molar-refractivity contribution in [3.05, 3.63) is 0 Å². The lowest BCUT2D eigenvalue weighted by Crippen LogP contribution is -2.41. The van der Waals surface area contributed by atoms with Crippen molar-refractivity contribution in [1.82, 2.24) is 15.5 Å². The smallest absolute Gasteiger partial charge is 0.324 e. The second-order valence-corrected chi connectivity index (χ2v) is 4.46. The molecular weight excluding hydrogens is 246 g/mol. The zero-order valence-corrected chi connectivity index (χ0v) is 11.4. The maximum atomic E-state index is 11.3. The fraction of sp³-hybridized carbons (Fsp3) is 0.750. The van der Waals surface area contributed by atoms with Gasteiger partial charge in [-0.15, -0.1) is 0 Å². The van der Waals surface area contributed by atoms with E-state index in [4.69, 9.17) is 5.73 Å². The molecule has 1 heterocycles. The van der Waals surface area contributed by atoms with Crippen LogP contribution in [0.15, 0.2) is 4.99 Å². The van der Waals surface area contributed by atoms with Crippen molar-refractivity contribution in [1.29, 1.82) is 0 Å². The fourth-order valence-electron chi connectivity index (χ4n) is 1.77. The van der Waals surface area contributed by atoms with E-state index in [0.717, 1.165) is 12.8 Å². The number of rotatable bonds is 8. The third kappa shape index (κ3) is 5.58. The van der Waals surface area contributed by atoms with Crippen LogP contribution in [0, 0.1) is 0 Å². The lowest BCUT2D eigenvalue weighted by Gasteiger charge is -2.12. The molecule has 3 amide bonds. The van der Waals surface area contributed by atoms with Gasteiger partial charge in [-0.05, 0) is 6.42 Å². The molecule has 0 aromatic rings. The summed E-state index contributed by atoms with van der Waals surface area (Å²) in [5.74, 6) is 0.158. The summed E-state index contributed by atoms with van der Waals surface area (Å²) in [7, 11) is 0. The van der Waals surface area contributed by atoms with Gasteiger partial charge in [0.25, 0.3) is 0 Å². The number of nitrogens with zero attached hydrogens (tertiary/aromatic N) is 2. The molecule has 0 spiro atoms. The standard InChI is InChI=1S/C12H23N5O2/c1-2-3-4-5-6-14-11(13)15-7-8-17-10(18)9-16-12(17)19/h2-9H2,1H3,(H,16,19)(H3,13,14,15). The number of aliphatic imine (C=N–C) groups is 1. The predicted octanol–water partition coefficient (Wildman–Crippen LogP) is 0.0228. The van der Waals surface area contributed by atoms with Crippen LogP contribution in [-0.2, 0) is 4.79 Å². The SMILES string of the molecule is CCCCCCN=C(N)NCCN1C(=O)CNC1=O. The summed E-state index contributed by atoms with van der Waals surface area (Å²) in [4.78, 5) is 27.9. The second-order valence-electron chi connectivity index (χ2n) is 4.46. The number of nitrogens with one attached hydrogen (secondary N) is 2. The number of hydrogen-bond donors (Lipinski definition) is 3. The van der Waals surface area contributed by atoms with E-state index in [1.165, 1.54) is 17.7 Å². The van der Waals surface area contributed by atoms with Crippen LogP contribution in [-0.4, -0.2) is 49.0 Å². The summed E-state index contributed by atoms with van der Waals surface area (Å²) in [5.41, 5.74) is 5.68. The van der Waals surface area contributed by atoms with E-state index in [9.17, 15) is 9.59 Å². The van der Waals surface area contributed by atoms with Crippen LogP contribution in [0.4, 0.5) is 4.79 Å². The minimum absolute atomic E-state index is 0.0832. The molecule has 0 unspecified atom stereocenters. The van der Waals surface area contributed by atoms with Crippen molar-refractivity contribution in [3.8, 4) is 0 Å². The number of carbonyl (C=O) groups is 2. The Labute approximate surface area is 113 Å². The maximum Gasteiger partial charge on any atom is 0.324 e.